The molecule has 0 spiro atoms. The molecule has 0 fully saturated rings. The number of carbonyl (C=O) groups is 2. The largest absolute Gasteiger partial charge is 0.355 e. The highest BCUT2D eigenvalue weighted by atomic mass is 16.2. The summed E-state index contributed by atoms with van der Waals surface area (Å²) < 4.78 is 0. The second-order valence-electron chi connectivity index (χ2n) is 8.68. The zero-order valence-electron chi connectivity index (χ0n) is 18.3. The van der Waals surface area contributed by atoms with Crippen molar-refractivity contribution in [2.75, 3.05) is 18.9 Å². The lowest BCUT2D eigenvalue weighted by Gasteiger charge is -2.25. The third-order valence-electron chi connectivity index (χ3n) is 4.92. The Labute approximate surface area is 174 Å². The minimum Gasteiger partial charge on any atom is -0.355 e. The van der Waals surface area contributed by atoms with E-state index < -0.39 is 0 Å². The number of anilines is 1. The van der Waals surface area contributed by atoms with Crippen LogP contribution in [0.2, 0.25) is 0 Å². The zero-order chi connectivity index (χ0) is 21.6. The highest BCUT2D eigenvalue weighted by Crippen LogP contribution is 2.26. The summed E-state index contributed by atoms with van der Waals surface area (Å²) in [7, 11) is 1.58. The van der Waals surface area contributed by atoms with Gasteiger partial charge in [-0.25, -0.2) is 0 Å². The predicted octanol–water partition coefficient (Wildman–Crippen LogP) is 4.27. The molecule has 29 heavy (non-hydrogen) atoms. The molecule has 2 aromatic carbocycles. The van der Waals surface area contributed by atoms with E-state index in [2.05, 4.69) is 74.8 Å². The van der Waals surface area contributed by atoms with Crippen LogP contribution in [0.5, 0.6) is 0 Å². The van der Waals surface area contributed by atoms with Crippen molar-refractivity contribution in [3.8, 4) is 0 Å². The minimum absolute atomic E-state index is 0.0759. The van der Waals surface area contributed by atoms with Crippen molar-refractivity contribution >= 4 is 17.5 Å². The Morgan fingerprint density at radius 3 is 2.21 bits per heavy atom. The molecular weight excluding hydrogens is 362 g/mol. The van der Waals surface area contributed by atoms with Crippen LogP contribution < -0.4 is 16.0 Å². The molecule has 0 aliphatic heterocycles. The van der Waals surface area contributed by atoms with Gasteiger partial charge in [-0.3, -0.25) is 9.59 Å². The first-order valence-corrected chi connectivity index (χ1v) is 10.1. The maximum atomic E-state index is 12.4. The van der Waals surface area contributed by atoms with Crippen LogP contribution in [-0.4, -0.2) is 25.4 Å². The van der Waals surface area contributed by atoms with E-state index in [-0.39, 0.29) is 29.8 Å². The fourth-order valence-electron chi connectivity index (χ4n) is 3.22. The number of hydrogen-bond donors (Lipinski definition) is 3. The predicted molar refractivity (Wildman–Crippen MR) is 119 cm³/mol. The van der Waals surface area contributed by atoms with E-state index in [1.165, 1.54) is 11.1 Å². The number of nitrogens with one attached hydrogen (secondary N) is 3. The molecule has 1 atom stereocenters. The Hall–Kier alpha value is -2.66. The maximum absolute atomic E-state index is 12.4. The summed E-state index contributed by atoms with van der Waals surface area (Å²) in [5, 5.41) is 8.81. The van der Waals surface area contributed by atoms with Gasteiger partial charge in [-0.2, -0.15) is 0 Å². The molecule has 0 aromatic heterocycles. The van der Waals surface area contributed by atoms with E-state index in [9.17, 15) is 9.59 Å². The summed E-state index contributed by atoms with van der Waals surface area (Å²) in [5.41, 5.74) is 3.69. The van der Waals surface area contributed by atoms with Gasteiger partial charge in [0, 0.05) is 24.3 Å². The van der Waals surface area contributed by atoms with Gasteiger partial charge in [-0.1, -0.05) is 65.0 Å². The first-order valence-electron chi connectivity index (χ1n) is 10.1. The Kier molecular flexibility index (Phi) is 7.57. The summed E-state index contributed by atoms with van der Waals surface area (Å²) in [6, 6.07) is 15.6. The fourth-order valence-corrected chi connectivity index (χ4v) is 3.22. The van der Waals surface area contributed by atoms with Crippen molar-refractivity contribution in [2.24, 2.45) is 5.92 Å². The van der Waals surface area contributed by atoms with E-state index in [0.29, 0.717) is 17.2 Å². The number of carbonyl (C=O) groups excluding carboxylic acids is 2. The molecule has 3 N–H and O–H groups in total. The van der Waals surface area contributed by atoms with Crippen molar-refractivity contribution in [2.45, 2.75) is 46.1 Å². The minimum atomic E-state index is -0.183. The maximum Gasteiger partial charge on any atom is 0.251 e. The highest BCUT2D eigenvalue weighted by molar-refractivity contribution is 5.97. The molecule has 0 saturated heterocycles. The average molecular weight is 396 g/mol. The Balaban J connectivity index is 2.02. The summed E-state index contributed by atoms with van der Waals surface area (Å²) in [4.78, 5) is 24.2. The molecule has 0 aliphatic rings. The summed E-state index contributed by atoms with van der Waals surface area (Å²) in [6.07, 6.45) is 0. The third-order valence-corrected chi connectivity index (χ3v) is 4.92. The van der Waals surface area contributed by atoms with Gasteiger partial charge >= 0.3 is 0 Å². The molecule has 0 aliphatic carbocycles. The second-order valence-corrected chi connectivity index (χ2v) is 8.68. The van der Waals surface area contributed by atoms with Crippen LogP contribution in [0.1, 0.15) is 62.1 Å². The van der Waals surface area contributed by atoms with Gasteiger partial charge in [0.25, 0.3) is 5.91 Å². The summed E-state index contributed by atoms with van der Waals surface area (Å²) >= 11 is 0. The first kappa shape index (κ1) is 22.6. The van der Waals surface area contributed by atoms with Crippen molar-refractivity contribution in [1.29, 1.82) is 0 Å². The fraction of sp³-hybridized carbons (Fsp3) is 0.417. The van der Waals surface area contributed by atoms with Crippen LogP contribution >= 0.6 is 0 Å². The molecule has 2 aromatic rings. The quantitative estimate of drug-likeness (QED) is 0.656. The van der Waals surface area contributed by atoms with Crippen molar-refractivity contribution in [3.63, 3.8) is 0 Å². The van der Waals surface area contributed by atoms with Gasteiger partial charge in [0.05, 0.1) is 6.54 Å². The summed E-state index contributed by atoms with van der Waals surface area (Å²) in [5.74, 6) is 0.00804. The Bertz CT molecular complexity index is 836. The number of amides is 2. The third kappa shape index (κ3) is 6.43. The molecule has 2 rings (SSSR count). The van der Waals surface area contributed by atoms with Crippen molar-refractivity contribution in [1.82, 2.24) is 10.6 Å². The molecule has 0 saturated carbocycles. The molecule has 0 unspecified atom stereocenters. The smallest absolute Gasteiger partial charge is 0.251 e. The van der Waals surface area contributed by atoms with Crippen LogP contribution in [-0.2, 0) is 10.2 Å². The van der Waals surface area contributed by atoms with Crippen LogP contribution in [0.25, 0.3) is 0 Å². The Morgan fingerprint density at radius 1 is 1.00 bits per heavy atom. The van der Waals surface area contributed by atoms with E-state index in [0.717, 1.165) is 0 Å². The van der Waals surface area contributed by atoms with Crippen LogP contribution in [0, 0.1) is 5.92 Å². The normalized spacial score (nSPS) is 12.5. The monoisotopic (exact) mass is 395 g/mol. The second kappa shape index (κ2) is 9.70. The molecule has 0 radical (unpaired) electrons. The van der Waals surface area contributed by atoms with E-state index in [1.54, 1.807) is 31.3 Å². The van der Waals surface area contributed by atoms with Crippen LogP contribution in [0.3, 0.4) is 0 Å². The Morgan fingerprint density at radius 2 is 1.66 bits per heavy atom. The van der Waals surface area contributed by atoms with E-state index in [1.807, 2.05) is 0 Å². The zero-order valence-corrected chi connectivity index (χ0v) is 18.3. The standard InChI is InChI=1S/C24H33N3O2/c1-16(2)22(17-10-12-19(13-11-17)24(3,4)5)26-15-21(28)27-20-9-7-8-18(14-20)23(29)25-6/h7-14,16,22,26H,15H2,1-6H3,(H,25,29)(H,27,28)/t22-/m0/s1. The topological polar surface area (TPSA) is 70.2 Å². The molecule has 0 bridgehead atoms. The van der Waals surface area contributed by atoms with Crippen LogP contribution in [0.15, 0.2) is 48.5 Å². The lowest BCUT2D eigenvalue weighted by molar-refractivity contribution is -0.115. The molecule has 0 heterocycles. The number of hydrogen-bond acceptors (Lipinski definition) is 3. The van der Waals surface area contributed by atoms with Gasteiger partial charge < -0.3 is 16.0 Å². The highest BCUT2D eigenvalue weighted by Gasteiger charge is 2.19. The molecule has 5 nitrogen and oxygen atoms in total. The molecule has 156 valence electrons. The van der Waals surface area contributed by atoms with Crippen LogP contribution in [0.4, 0.5) is 5.69 Å². The summed E-state index contributed by atoms with van der Waals surface area (Å²) in [6.45, 7) is 11.1. The SMILES string of the molecule is CNC(=O)c1cccc(NC(=O)CN[C@H](c2ccc(C(C)(C)C)cc2)C(C)C)c1. The van der Waals surface area contributed by atoms with E-state index in [4.69, 9.17) is 0 Å². The molecule has 5 heteroatoms. The van der Waals surface area contributed by atoms with E-state index >= 15 is 0 Å². The average Bonchev–Trinajstić information content (AvgIpc) is 2.67. The molecular formula is C24H33N3O2. The van der Waals surface area contributed by atoms with Gasteiger partial charge in [0.1, 0.15) is 0 Å². The lowest BCUT2D eigenvalue weighted by Crippen LogP contribution is -2.33. The first-order chi connectivity index (χ1) is 13.6. The van der Waals surface area contributed by atoms with Crippen molar-refractivity contribution < 1.29 is 9.59 Å². The molecule has 2 amide bonds. The lowest BCUT2D eigenvalue weighted by atomic mass is 9.85. The van der Waals surface area contributed by atoms with Gasteiger partial charge in [0.15, 0.2) is 0 Å². The number of rotatable bonds is 7. The van der Waals surface area contributed by atoms with Crippen molar-refractivity contribution in [3.05, 3.63) is 65.2 Å². The van der Waals surface area contributed by atoms with Gasteiger partial charge in [-0.15, -0.1) is 0 Å². The van der Waals surface area contributed by atoms with Gasteiger partial charge in [0.2, 0.25) is 5.91 Å². The van der Waals surface area contributed by atoms with Gasteiger partial charge in [-0.05, 0) is 40.7 Å². The number of benzene rings is 2.